The van der Waals surface area contributed by atoms with Crippen LogP contribution >= 0.6 is 0 Å². The standard InChI is InChI=1S/C22H16F3N5O4/c1-12-16(10-26)21(33)30(15-7-4-6-14(9-15)22(23,24)25)29-18(12)20(32)28-27-11-13-5-3-8-17(34-2)19(13)31/h3-9,11,31H,1-2H3,(H,28,32)/b27-11+. The van der Waals surface area contributed by atoms with Crippen molar-refractivity contribution in [1.82, 2.24) is 15.2 Å². The molecule has 0 radical (unpaired) electrons. The first kappa shape index (κ1) is 24.0. The van der Waals surface area contributed by atoms with Crippen molar-refractivity contribution >= 4 is 12.1 Å². The van der Waals surface area contributed by atoms with Crippen LogP contribution < -0.4 is 15.7 Å². The predicted molar refractivity (Wildman–Crippen MR) is 114 cm³/mol. The number of hydrogen-bond donors (Lipinski definition) is 2. The number of halogens is 3. The number of para-hydroxylation sites is 1. The van der Waals surface area contributed by atoms with Crippen molar-refractivity contribution in [3.05, 3.63) is 80.8 Å². The summed E-state index contributed by atoms with van der Waals surface area (Å²) in [5, 5.41) is 27.1. The number of phenols is 1. The van der Waals surface area contributed by atoms with Gasteiger partial charge in [0.05, 0.1) is 24.6 Å². The molecule has 0 unspecified atom stereocenters. The Morgan fingerprint density at radius 2 is 2.00 bits per heavy atom. The summed E-state index contributed by atoms with van der Waals surface area (Å²) in [5.74, 6) is -0.977. The van der Waals surface area contributed by atoms with E-state index in [4.69, 9.17) is 4.74 Å². The Morgan fingerprint density at radius 1 is 1.29 bits per heavy atom. The van der Waals surface area contributed by atoms with E-state index in [1.54, 1.807) is 12.1 Å². The number of nitriles is 1. The normalized spacial score (nSPS) is 11.3. The molecule has 0 saturated carbocycles. The Bertz CT molecular complexity index is 1390. The van der Waals surface area contributed by atoms with Gasteiger partial charge in [0.25, 0.3) is 11.5 Å². The lowest BCUT2D eigenvalue weighted by atomic mass is 10.1. The molecule has 9 nitrogen and oxygen atoms in total. The van der Waals surface area contributed by atoms with Crippen LogP contribution in [0.15, 0.2) is 52.4 Å². The fraction of sp³-hybridized carbons (Fsp3) is 0.136. The van der Waals surface area contributed by atoms with E-state index in [0.717, 1.165) is 18.3 Å². The quantitative estimate of drug-likeness (QED) is 0.435. The number of aromatic hydroxyl groups is 1. The summed E-state index contributed by atoms with van der Waals surface area (Å²) in [7, 11) is 1.36. The van der Waals surface area contributed by atoms with Gasteiger partial charge in [0, 0.05) is 11.1 Å². The fourth-order valence-corrected chi connectivity index (χ4v) is 2.96. The van der Waals surface area contributed by atoms with Gasteiger partial charge in [-0.2, -0.15) is 33.3 Å². The highest BCUT2D eigenvalue weighted by Gasteiger charge is 2.31. The van der Waals surface area contributed by atoms with Crippen LogP contribution in [0.2, 0.25) is 0 Å². The molecular weight excluding hydrogens is 455 g/mol. The maximum absolute atomic E-state index is 13.1. The first-order chi connectivity index (χ1) is 16.1. The van der Waals surface area contributed by atoms with Gasteiger partial charge in [0.15, 0.2) is 17.2 Å². The summed E-state index contributed by atoms with van der Waals surface area (Å²) in [6.07, 6.45) is -3.55. The molecule has 0 aliphatic carbocycles. The van der Waals surface area contributed by atoms with Crippen molar-refractivity contribution in [2.45, 2.75) is 13.1 Å². The SMILES string of the molecule is COc1cccc(/C=N/NC(=O)c2nn(-c3cccc(C(F)(F)F)c3)c(=O)c(C#N)c2C)c1O. The minimum atomic E-state index is -4.68. The number of ether oxygens (including phenoxy) is 1. The summed E-state index contributed by atoms with van der Waals surface area (Å²) in [6.45, 7) is 1.30. The highest BCUT2D eigenvalue weighted by Crippen LogP contribution is 2.30. The zero-order valence-corrected chi connectivity index (χ0v) is 17.7. The Kier molecular flexibility index (Phi) is 6.67. The molecule has 0 aliphatic rings. The van der Waals surface area contributed by atoms with Gasteiger partial charge in [0.1, 0.15) is 11.6 Å². The topological polar surface area (TPSA) is 130 Å². The lowest BCUT2D eigenvalue weighted by molar-refractivity contribution is -0.137. The third-order valence-electron chi connectivity index (χ3n) is 4.70. The van der Waals surface area contributed by atoms with Crippen LogP contribution in [0.3, 0.4) is 0 Å². The Hall–Kier alpha value is -4.66. The highest BCUT2D eigenvalue weighted by atomic mass is 19.4. The van der Waals surface area contributed by atoms with Crippen molar-refractivity contribution in [3.8, 4) is 23.3 Å². The van der Waals surface area contributed by atoms with Gasteiger partial charge in [-0.1, -0.05) is 12.1 Å². The second-order valence-electron chi connectivity index (χ2n) is 6.82. The number of rotatable bonds is 5. The van der Waals surface area contributed by atoms with Crippen LogP contribution in [0, 0.1) is 18.3 Å². The number of benzene rings is 2. The van der Waals surface area contributed by atoms with E-state index >= 15 is 0 Å². The molecule has 1 heterocycles. The van der Waals surface area contributed by atoms with Crippen molar-refractivity contribution in [2.75, 3.05) is 7.11 Å². The van der Waals surface area contributed by atoms with Gasteiger partial charge in [-0.15, -0.1) is 0 Å². The van der Waals surface area contributed by atoms with Gasteiger partial charge in [-0.25, -0.2) is 5.43 Å². The number of amides is 1. The van der Waals surface area contributed by atoms with E-state index in [0.29, 0.717) is 10.7 Å². The molecule has 34 heavy (non-hydrogen) atoms. The van der Waals surface area contributed by atoms with Crippen molar-refractivity contribution in [2.24, 2.45) is 5.10 Å². The summed E-state index contributed by atoms with van der Waals surface area (Å²) in [5.41, 5.74) is -0.880. The van der Waals surface area contributed by atoms with Crippen LogP contribution in [0.4, 0.5) is 13.2 Å². The monoisotopic (exact) mass is 471 g/mol. The molecule has 3 rings (SSSR count). The van der Waals surface area contributed by atoms with Crippen molar-refractivity contribution in [3.63, 3.8) is 0 Å². The summed E-state index contributed by atoms with van der Waals surface area (Å²) in [6, 6.07) is 9.99. The molecule has 0 fully saturated rings. The lowest BCUT2D eigenvalue weighted by Crippen LogP contribution is -2.31. The Labute approximate surface area is 190 Å². The summed E-state index contributed by atoms with van der Waals surface area (Å²) >= 11 is 0. The van der Waals surface area contributed by atoms with Crippen LogP contribution in [0.5, 0.6) is 11.5 Å². The second-order valence-corrected chi connectivity index (χ2v) is 6.82. The number of alkyl halides is 3. The summed E-state index contributed by atoms with van der Waals surface area (Å²) < 4.78 is 44.8. The van der Waals surface area contributed by atoms with Crippen molar-refractivity contribution < 1.29 is 27.8 Å². The third kappa shape index (κ3) is 4.73. The number of carbonyl (C=O) groups is 1. The van der Waals surface area contributed by atoms with E-state index < -0.39 is 34.5 Å². The minimum absolute atomic E-state index is 0.0762. The average Bonchev–Trinajstić information content (AvgIpc) is 2.80. The maximum atomic E-state index is 13.1. The van der Waals surface area contributed by atoms with Gasteiger partial charge < -0.3 is 9.84 Å². The number of hydrazone groups is 1. The molecule has 2 aromatic carbocycles. The fourth-order valence-electron chi connectivity index (χ4n) is 2.96. The molecule has 0 aliphatic heterocycles. The lowest BCUT2D eigenvalue weighted by Gasteiger charge is -2.12. The molecule has 12 heteroatoms. The summed E-state index contributed by atoms with van der Waals surface area (Å²) in [4.78, 5) is 25.3. The maximum Gasteiger partial charge on any atom is 0.416 e. The largest absolute Gasteiger partial charge is 0.504 e. The molecule has 174 valence electrons. The highest BCUT2D eigenvalue weighted by molar-refractivity contribution is 5.95. The zero-order valence-electron chi connectivity index (χ0n) is 17.7. The molecule has 3 aromatic rings. The second kappa shape index (κ2) is 9.45. The number of phenolic OH excluding ortho intramolecular Hbond substituents is 1. The van der Waals surface area contributed by atoms with E-state index in [2.05, 4.69) is 15.6 Å². The van der Waals surface area contributed by atoms with Gasteiger partial charge >= 0.3 is 6.18 Å². The Balaban J connectivity index is 2.00. The molecule has 1 aromatic heterocycles. The first-order valence-corrected chi connectivity index (χ1v) is 9.49. The number of methoxy groups -OCH3 is 1. The molecular formula is C22H16F3N5O4. The van der Waals surface area contributed by atoms with Crippen LogP contribution in [0.1, 0.15) is 32.7 Å². The number of aromatic nitrogens is 2. The average molecular weight is 471 g/mol. The van der Waals surface area contributed by atoms with Crippen molar-refractivity contribution in [1.29, 1.82) is 5.26 Å². The minimum Gasteiger partial charge on any atom is -0.504 e. The van der Waals surface area contributed by atoms with Crippen LogP contribution in [0.25, 0.3) is 5.69 Å². The van der Waals surface area contributed by atoms with E-state index in [-0.39, 0.29) is 28.3 Å². The van der Waals surface area contributed by atoms with Crippen LogP contribution in [-0.2, 0) is 6.18 Å². The molecule has 0 bridgehead atoms. The van der Waals surface area contributed by atoms with Gasteiger partial charge in [0.2, 0.25) is 0 Å². The molecule has 0 atom stereocenters. The molecule has 0 saturated heterocycles. The van der Waals surface area contributed by atoms with E-state index in [1.165, 1.54) is 32.2 Å². The van der Waals surface area contributed by atoms with E-state index in [1.807, 2.05) is 0 Å². The van der Waals surface area contributed by atoms with Gasteiger partial charge in [-0.05, 0) is 37.3 Å². The Morgan fingerprint density at radius 3 is 2.65 bits per heavy atom. The smallest absolute Gasteiger partial charge is 0.416 e. The number of nitrogens with zero attached hydrogens (tertiary/aromatic N) is 4. The number of hydrogen-bond acceptors (Lipinski definition) is 7. The van der Waals surface area contributed by atoms with Crippen LogP contribution in [-0.4, -0.2) is 34.1 Å². The first-order valence-electron chi connectivity index (χ1n) is 9.49. The zero-order chi connectivity index (χ0) is 25.0. The molecule has 1 amide bonds. The predicted octanol–water partition coefficient (Wildman–Crippen LogP) is 2.91. The third-order valence-corrected chi connectivity index (χ3v) is 4.70. The number of carbonyl (C=O) groups excluding carboxylic acids is 1. The van der Waals surface area contributed by atoms with E-state index in [9.17, 15) is 33.1 Å². The number of nitrogens with one attached hydrogen (secondary N) is 1. The molecule has 0 spiro atoms. The molecule has 2 N–H and O–H groups in total. The van der Waals surface area contributed by atoms with Gasteiger partial charge in [-0.3, -0.25) is 9.59 Å².